The Morgan fingerprint density at radius 1 is 1.41 bits per heavy atom. The van der Waals surface area contributed by atoms with Gasteiger partial charge in [-0.1, -0.05) is 35.8 Å². The first-order valence-electron chi connectivity index (χ1n) is 6.49. The van der Waals surface area contributed by atoms with Crippen LogP contribution in [-0.4, -0.2) is 18.0 Å². The third kappa shape index (κ3) is 4.22. The topological polar surface area (TPSA) is 82.6 Å². The highest BCUT2D eigenvalue weighted by Crippen LogP contribution is 2.19. The number of nitrogens with zero attached hydrogens (tertiary/aromatic N) is 1. The van der Waals surface area contributed by atoms with Gasteiger partial charge in [-0.15, -0.1) is 0 Å². The molecule has 1 heterocycles. The first kappa shape index (κ1) is 16.3. The first-order chi connectivity index (χ1) is 10.5. The number of hydrogen-bond donors (Lipinski definition) is 3. The SMILES string of the molecule is C=C1NNC(=O)C1CCC(=O)NN=Cc1ccc(Cl)cc1Cl. The van der Waals surface area contributed by atoms with Gasteiger partial charge in [0.2, 0.25) is 11.8 Å². The molecule has 1 fully saturated rings. The Labute approximate surface area is 137 Å². The molecule has 0 spiro atoms. The van der Waals surface area contributed by atoms with E-state index in [9.17, 15) is 9.59 Å². The standard InChI is InChI=1S/C14H14Cl2N4O2/c1-8-11(14(22)20-18-8)4-5-13(21)19-17-7-9-2-3-10(15)6-12(9)16/h2-3,6-7,11,18H,1,4-5H2,(H,19,21)(H,20,22). The van der Waals surface area contributed by atoms with Crippen molar-refractivity contribution in [3.63, 3.8) is 0 Å². The summed E-state index contributed by atoms with van der Waals surface area (Å²) in [7, 11) is 0. The van der Waals surface area contributed by atoms with E-state index in [4.69, 9.17) is 23.2 Å². The second kappa shape index (κ2) is 7.29. The van der Waals surface area contributed by atoms with Gasteiger partial charge in [0.15, 0.2) is 0 Å². The highest BCUT2D eigenvalue weighted by Gasteiger charge is 2.27. The molecule has 3 N–H and O–H groups in total. The molecule has 22 heavy (non-hydrogen) atoms. The van der Waals surface area contributed by atoms with Crippen LogP contribution in [0.3, 0.4) is 0 Å². The molecule has 0 radical (unpaired) electrons. The number of amides is 2. The van der Waals surface area contributed by atoms with Crippen molar-refractivity contribution in [2.75, 3.05) is 0 Å². The number of hydrogen-bond acceptors (Lipinski definition) is 4. The molecule has 0 aliphatic carbocycles. The number of benzene rings is 1. The summed E-state index contributed by atoms with van der Waals surface area (Å²) >= 11 is 11.8. The van der Waals surface area contributed by atoms with E-state index in [2.05, 4.69) is 28.0 Å². The zero-order valence-corrected chi connectivity index (χ0v) is 13.0. The van der Waals surface area contributed by atoms with Crippen molar-refractivity contribution in [1.82, 2.24) is 16.3 Å². The Bertz CT molecular complexity index is 630. The Balaban J connectivity index is 1.81. The number of hydrazine groups is 1. The molecule has 1 aliphatic heterocycles. The number of hydrazone groups is 1. The largest absolute Gasteiger partial charge is 0.303 e. The van der Waals surface area contributed by atoms with Crippen molar-refractivity contribution < 1.29 is 9.59 Å². The van der Waals surface area contributed by atoms with E-state index < -0.39 is 5.92 Å². The van der Waals surface area contributed by atoms with Crippen LogP contribution < -0.4 is 16.3 Å². The highest BCUT2D eigenvalue weighted by atomic mass is 35.5. The Morgan fingerprint density at radius 3 is 2.82 bits per heavy atom. The normalized spacial score (nSPS) is 17.5. The van der Waals surface area contributed by atoms with Crippen LogP contribution in [0, 0.1) is 5.92 Å². The maximum absolute atomic E-state index is 11.7. The predicted molar refractivity (Wildman–Crippen MR) is 85.3 cm³/mol. The van der Waals surface area contributed by atoms with Crippen molar-refractivity contribution in [1.29, 1.82) is 0 Å². The van der Waals surface area contributed by atoms with Crippen molar-refractivity contribution in [3.8, 4) is 0 Å². The number of carbonyl (C=O) groups is 2. The maximum Gasteiger partial charge on any atom is 0.247 e. The Morgan fingerprint density at radius 2 is 2.18 bits per heavy atom. The predicted octanol–water partition coefficient (Wildman–Crippen LogP) is 1.99. The monoisotopic (exact) mass is 340 g/mol. The summed E-state index contributed by atoms with van der Waals surface area (Å²) in [5.74, 6) is -0.886. The van der Waals surface area contributed by atoms with Gasteiger partial charge in [0.05, 0.1) is 17.2 Å². The summed E-state index contributed by atoms with van der Waals surface area (Å²) in [5, 5.41) is 4.79. The fourth-order valence-electron chi connectivity index (χ4n) is 1.89. The van der Waals surface area contributed by atoms with E-state index in [1.807, 2.05) is 0 Å². The Kier molecular flexibility index (Phi) is 5.41. The highest BCUT2D eigenvalue weighted by molar-refractivity contribution is 6.36. The van der Waals surface area contributed by atoms with Crippen molar-refractivity contribution in [2.24, 2.45) is 11.0 Å². The van der Waals surface area contributed by atoms with Gasteiger partial charge >= 0.3 is 0 Å². The van der Waals surface area contributed by atoms with E-state index in [1.54, 1.807) is 18.2 Å². The molecular formula is C14H14Cl2N4O2. The number of carbonyl (C=O) groups excluding carboxylic acids is 2. The average molecular weight is 341 g/mol. The number of nitrogens with one attached hydrogen (secondary N) is 3. The molecule has 0 saturated carbocycles. The lowest BCUT2D eigenvalue weighted by Gasteiger charge is -2.05. The molecular weight excluding hydrogens is 327 g/mol. The third-order valence-corrected chi connectivity index (χ3v) is 3.66. The quantitative estimate of drug-likeness (QED) is 0.566. The average Bonchev–Trinajstić information content (AvgIpc) is 2.78. The molecule has 1 atom stereocenters. The van der Waals surface area contributed by atoms with E-state index in [0.717, 1.165) is 0 Å². The van der Waals surface area contributed by atoms with Gasteiger partial charge in [0, 0.05) is 22.7 Å². The van der Waals surface area contributed by atoms with Crippen molar-refractivity contribution in [3.05, 3.63) is 46.1 Å². The van der Waals surface area contributed by atoms with Crippen LogP contribution in [0.4, 0.5) is 0 Å². The van der Waals surface area contributed by atoms with Crippen LogP contribution in [0.1, 0.15) is 18.4 Å². The summed E-state index contributed by atoms with van der Waals surface area (Å²) in [6, 6.07) is 4.95. The minimum atomic E-state index is -0.402. The van der Waals surface area contributed by atoms with Crippen LogP contribution in [0.2, 0.25) is 10.0 Å². The fraction of sp³-hybridized carbons (Fsp3) is 0.214. The van der Waals surface area contributed by atoms with Crippen LogP contribution in [0.5, 0.6) is 0 Å². The summed E-state index contributed by atoms with van der Waals surface area (Å²) in [6.07, 6.45) is 1.95. The minimum absolute atomic E-state index is 0.157. The lowest BCUT2D eigenvalue weighted by atomic mass is 10.0. The zero-order chi connectivity index (χ0) is 16.1. The zero-order valence-electron chi connectivity index (χ0n) is 11.5. The summed E-state index contributed by atoms with van der Waals surface area (Å²) in [6.45, 7) is 3.70. The second-order valence-corrected chi connectivity index (χ2v) is 5.53. The summed E-state index contributed by atoms with van der Waals surface area (Å²) in [4.78, 5) is 23.1. The molecule has 1 unspecified atom stereocenters. The summed E-state index contributed by atoms with van der Waals surface area (Å²) in [5.41, 5.74) is 8.67. The van der Waals surface area contributed by atoms with Gasteiger partial charge in [-0.25, -0.2) is 5.43 Å². The van der Waals surface area contributed by atoms with Crippen LogP contribution >= 0.6 is 23.2 Å². The van der Waals surface area contributed by atoms with E-state index in [1.165, 1.54) is 6.21 Å². The van der Waals surface area contributed by atoms with E-state index in [0.29, 0.717) is 27.7 Å². The molecule has 2 amide bonds. The van der Waals surface area contributed by atoms with Gasteiger partial charge in [0.1, 0.15) is 0 Å². The molecule has 1 saturated heterocycles. The lowest BCUT2D eigenvalue weighted by molar-refractivity contribution is -0.123. The van der Waals surface area contributed by atoms with Crippen LogP contribution in [-0.2, 0) is 9.59 Å². The molecule has 6 nitrogen and oxygen atoms in total. The molecule has 8 heteroatoms. The molecule has 116 valence electrons. The van der Waals surface area contributed by atoms with Crippen molar-refractivity contribution in [2.45, 2.75) is 12.8 Å². The number of halogens is 2. The molecule has 0 bridgehead atoms. The fourth-order valence-corrected chi connectivity index (χ4v) is 2.35. The number of rotatable bonds is 5. The maximum atomic E-state index is 11.7. The minimum Gasteiger partial charge on any atom is -0.303 e. The molecule has 1 aromatic rings. The lowest BCUT2D eigenvalue weighted by Crippen LogP contribution is -2.26. The first-order valence-corrected chi connectivity index (χ1v) is 7.24. The van der Waals surface area contributed by atoms with E-state index in [-0.39, 0.29) is 18.2 Å². The van der Waals surface area contributed by atoms with E-state index >= 15 is 0 Å². The second-order valence-electron chi connectivity index (χ2n) is 4.69. The Hall–Kier alpha value is -2.05. The molecule has 1 aliphatic rings. The third-order valence-electron chi connectivity index (χ3n) is 3.10. The summed E-state index contributed by atoms with van der Waals surface area (Å²) < 4.78 is 0. The van der Waals surface area contributed by atoms with Crippen molar-refractivity contribution >= 4 is 41.2 Å². The molecule has 0 aromatic heterocycles. The van der Waals surface area contributed by atoms with Gasteiger partial charge in [0.25, 0.3) is 0 Å². The van der Waals surface area contributed by atoms with Gasteiger partial charge < -0.3 is 5.43 Å². The smallest absolute Gasteiger partial charge is 0.247 e. The van der Waals surface area contributed by atoms with Gasteiger partial charge in [-0.05, 0) is 18.6 Å². The van der Waals surface area contributed by atoms with Crippen LogP contribution in [0.15, 0.2) is 35.6 Å². The molecule has 2 rings (SSSR count). The van der Waals surface area contributed by atoms with Gasteiger partial charge in [-0.2, -0.15) is 5.10 Å². The van der Waals surface area contributed by atoms with Crippen LogP contribution in [0.25, 0.3) is 0 Å². The van der Waals surface area contributed by atoms with Gasteiger partial charge in [-0.3, -0.25) is 15.0 Å². The molecule has 1 aromatic carbocycles.